The standard InChI is InChI=1S/C30H43N3O2S/c1-3-4-5-6-7-8-9-10-11-12-16-22-28(34)32-30(36)31-27-21-17-20-26(23-27)29(35)33(2)24-25-18-14-13-15-19-25/h13-15,17-21,23H,3-12,16,22,24H2,1-2H3,(H2,31,32,34,36). The molecule has 0 saturated carbocycles. The second-order valence-electron chi connectivity index (χ2n) is 9.52. The summed E-state index contributed by atoms with van der Waals surface area (Å²) in [6, 6.07) is 17.1. The van der Waals surface area contributed by atoms with Gasteiger partial charge in [-0.25, -0.2) is 0 Å². The lowest BCUT2D eigenvalue weighted by atomic mass is 10.1. The van der Waals surface area contributed by atoms with Crippen LogP contribution in [-0.2, 0) is 11.3 Å². The fourth-order valence-corrected chi connectivity index (χ4v) is 4.41. The molecular weight excluding hydrogens is 466 g/mol. The maximum atomic E-state index is 12.8. The van der Waals surface area contributed by atoms with Crippen molar-refractivity contribution in [3.8, 4) is 0 Å². The molecule has 0 radical (unpaired) electrons. The SMILES string of the molecule is CCCCCCCCCCCCCC(=O)NC(=S)Nc1cccc(C(=O)N(C)Cc2ccccc2)c1. The number of carbonyl (C=O) groups is 2. The van der Waals surface area contributed by atoms with E-state index in [0.717, 1.165) is 18.4 Å². The molecule has 2 aromatic rings. The number of carbonyl (C=O) groups excluding carboxylic acids is 2. The van der Waals surface area contributed by atoms with Crippen molar-refractivity contribution in [1.29, 1.82) is 0 Å². The summed E-state index contributed by atoms with van der Waals surface area (Å²) in [6.07, 6.45) is 14.3. The van der Waals surface area contributed by atoms with Crippen LogP contribution < -0.4 is 10.6 Å². The van der Waals surface area contributed by atoms with Gasteiger partial charge >= 0.3 is 0 Å². The number of hydrogen-bond acceptors (Lipinski definition) is 3. The summed E-state index contributed by atoms with van der Waals surface area (Å²) in [6.45, 7) is 2.78. The number of hydrogen-bond donors (Lipinski definition) is 2. The van der Waals surface area contributed by atoms with E-state index < -0.39 is 0 Å². The maximum Gasteiger partial charge on any atom is 0.253 e. The van der Waals surface area contributed by atoms with Gasteiger partial charge in [0.15, 0.2) is 5.11 Å². The third-order valence-corrected chi connectivity index (χ3v) is 6.44. The lowest BCUT2D eigenvalue weighted by Crippen LogP contribution is -2.34. The molecule has 2 amide bonds. The molecule has 2 N–H and O–H groups in total. The Hall–Kier alpha value is -2.73. The van der Waals surface area contributed by atoms with Crippen molar-refractivity contribution < 1.29 is 9.59 Å². The molecule has 6 heteroatoms. The number of thiocarbonyl (C=S) groups is 1. The Bertz CT molecular complexity index is 933. The summed E-state index contributed by atoms with van der Waals surface area (Å²) in [5.41, 5.74) is 2.31. The highest BCUT2D eigenvalue weighted by atomic mass is 32.1. The van der Waals surface area contributed by atoms with Gasteiger partial charge in [-0.1, -0.05) is 108 Å². The quantitative estimate of drug-likeness (QED) is 0.182. The van der Waals surface area contributed by atoms with Gasteiger partial charge in [0.05, 0.1) is 0 Å². The molecule has 2 rings (SSSR count). The van der Waals surface area contributed by atoms with E-state index in [4.69, 9.17) is 12.2 Å². The lowest BCUT2D eigenvalue weighted by Gasteiger charge is -2.18. The minimum Gasteiger partial charge on any atom is -0.337 e. The van der Waals surface area contributed by atoms with Gasteiger partial charge in [0, 0.05) is 31.3 Å². The number of amides is 2. The molecule has 0 aliphatic rings. The first-order chi connectivity index (χ1) is 17.5. The van der Waals surface area contributed by atoms with E-state index in [1.807, 2.05) is 42.5 Å². The van der Waals surface area contributed by atoms with Crippen LogP contribution in [0.5, 0.6) is 0 Å². The highest BCUT2D eigenvalue weighted by Crippen LogP contribution is 2.15. The Morgan fingerprint density at radius 2 is 1.42 bits per heavy atom. The van der Waals surface area contributed by atoms with Gasteiger partial charge < -0.3 is 15.5 Å². The first kappa shape index (κ1) is 29.5. The molecule has 0 aliphatic heterocycles. The van der Waals surface area contributed by atoms with Gasteiger partial charge in [0.1, 0.15) is 0 Å². The molecule has 0 unspecified atom stereocenters. The molecule has 0 aromatic heterocycles. The largest absolute Gasteiger partial charge is 0.337 e. The fourth-order valence-electron chi connectivity index (χ4n) is 4.18. The van der Waals surface area contributed by atoms with Crippen LogP contribution in [0.3, 0.4) is 0 Å². The number of anilines is 1. The summed E-state index contributed by atoms with van der Waals surface area (Å²) in [4.78, 5) is 26.8. The zero-order valence-corrected chi connectivity index (χ0v) is 22.9. The number of nitrogens with zero attached hydrogens (tertiary/aromatic N) is 1. The average Bonchev–Trinajstić information content (AvgIpc) is 2.87. The van der Waals surface area contributed by atoms with Crippen LogP contribution in [0.1, 0.15) is 99.9 Å². The van der Waals surface area contributed by atoms with E-state index in [9.17, 15) is 9.59 Å². The van der Waals surface area contributed by atoms with Gasteiger partial charge in [0.25, 0.3) is 5.91 Å². The van der Waals surface area contributed by atoms with Gasteiger partial charge in [-0.2, -0.15) is 0 Å². The Kier molecular flexibility index (Phi) is 14.5. The molecule has 0 heterocycles. The van der Waals surface area contributed by atoms with E-state index in [-0.39, 0.29) is 16.9 Å². The Labute approximate surface area is 223 Å². The summed E-state index contributed by atoms with van der Waals surface area (Å²) < 4.78 is 0. The van der Waals surface area contributed by atoms with Crippen molar-refractivity contribution in [2.24, 2.45) is 0 Å². The van der Waals surface area contributed by atoms with Crippen molar-refractivity contribution in [2.75, 3.05) is 12.4 Å². The Balaban J connectivity index is 1.63. The third kappa shape index (κ3) is 12.3. The normalized spacial score (nSPS) is 10.6. The van der Waals surface area contributed by atoms with Crippen LogP contribution >= 0.6 is 12.2 Å². The first-order valence-corrected chi connectivity index (χ1v) is 13.9. The molecule has 0 bridgehead atoms. The zero-order chi connectivity index (χ0) is 26.0. The molecule has 0 atom stereocenters. The average molecular weight is 510 g/mol. The van der Waals surface area contributed by atoms with Crippen molar-refractivity contribution in [2.45, 2.75) is 90.5 Å². The Morgan fingerprint density at radius 1 is 0.806 bits per heavy atom. The third-order valence-electron chi connectivity index (χ3n) is 6.24. The molecule has 2 aromatic carbocycles. The molecule has 0 saturated heterocycles. The molecule has 0 spiro atoms. The van der Waals surface area contributed by atoms with Crippen molar-refractivity contribution in [3.05, 3.63) is 65.7 Å². The lowest BCUT2D eigenvalue weighted by molar-refractivity contribution is -0.119. The molecule has 196 valence electrons. The zero-order valence-electron chi connectivity index (χ0n) is 22.1. The summed E-state index contributed by atoms with van der Waals surface area (Å²) in [7, 11) is 1.79. The van der Waals surface area contributed by atoms with E-state index in [1.54, 1.807) is 24.1 Å². The number of rotatable bonds is 16. The maximum absolute atomic E-state index is 12.8. The minimum absolute atomic E-state index is 0.0711. The second-order valence-corrected chi connectivity index (χ2v) is 9.92. The molecular formula is C30H43N3O2S. The van der Waals surface area contributed by atoms with Crippen molar-refractivity contribution in [3.63, 3.8) is 0 Å². The van der Waals surface area contributed by atoms with Gasteiger partial charge in [-0.05, 0) is 42.4 Å². The van der Waals surface area contributed by atoms with Crippen LogP contribution in [0.4, 0.5) is 5.69 Å². The number of nitrogens with one attached hydrogen (secondary N) is 2. The van der Waals surface area contributed by atoms with E-state index >= 15 is 0 Å². The van der Waals surface area contributed by atoms with Gasteiger partial charge in [0.2, 0.25) is 5.91 Å². The van der Waals surface area contributed by atoms with E-state index in [1.165, 1.54) is 57.8 Å². The highest BCUT2D eigenvalue weighted by Gasteiger charge is 2.13. The van der Waals surface area contributed by atoms with E-state index in [0.29, 0.717) is 24.2 Å². The highest BCUT2D eigenvalue weighted by molar-refractivity contribution is 7.80. The van der Waals surface area contributed by atoms with Crippen LogP contribution in [0.15, 0.2) is 54.6 Å². The smallest absolute Gasteiger partial charge is 0.253 e. The Morgan fingerprint density at radius 3 is 2.06 bits per heavy atom. The van der Waals surface area contributed by atoms with Crippen molar-refractivity contribution in [1.82, 2.24) is 10.2 Å². The molecule has 0 fully saturated rings. The van der Waals surface area contributed by atoms with E-state index in [2.05, 4.69) is 17.6 Å². The van der Waals surface area contributed by atoms with Crippen LogP contribution in [0, 0.1) is 0 Å². The summed E-state index contributed by atoms with van der Waals surface area (Å²) >= 11 is 5.31. The molecule has 36 heavy (non-hydrogen) atoms. The van der Waals surface area contributed by atoms with Crippen LogP contribution in [0.25, 0.3) is 0 Å². The summed E-state index contributed by atoms with van der Waals surface area (Å²) in [5, 5.41) is 6.04. The van der Waals surface area contributed by atoms with Gasteiger partial charge in [-0.15, -0.1) is 0 Å². The number of benzene rings is 2. The van der Waals surface area contributed by atoms with Crippen LogP contribution in [0.2, 0.25) is 0 Å². The fraction of sp³-hybridized carbons (Fsp3) is 0.500. The minimum atomic E-state index is -0.0750. The monoisotopic (exact) mass is 509 g/mol. The first-order valence-electron chi connectivity index (χ1n) is 13.5. The topological polar surface area (TPSA) is 61.4 Å². The van der Waals surface area contributed by atoms with Crippen LogP contribution in [-0.4, -0.2) is 28.9 Å². The summed E-state index contributed by atoms with van der Waals surface area (Å²) in [5.74, 6) is -0.146. The van der Waals surface area contributed by atoms with Gasteiger partial charge in [-0.3, -0.25) is 9.59 Å². The van der Waals surface area contributed by atoms with Crippen molar-refractivity contribution >= 4 is 34.8 Å². The predicted molar refractivity (Wildman–Crippen MR) is 154 cm³/mol. The second kappa shape index (κ2) is 17.7. The molecule has 5 nitrogen and oxygen atoms in total. The predicted octanol–water partition coefficient (Wildman–Crippen LogP) is 7.47. The molecule has 0 aliphatic carbocycles. The number of unbranched alkanes of at least 4 members (excludes halogenated alkanes) is 10.